The van der Waals surface area contributed by atoms with Gasteiger partial charge in [0.2, 0.25) is 0 Å². The number of nitrogens with zero attached hydrogens (tertiary/aromatic N) is 4. The van der Waals surface area contributed by atoms with E-state index in [0.29, 0.717) is 52.4 Å². The second-order valence-corrected chi connectivity index (χ2v) is 7.95. The van der Waals surface area contributed by atoms with Crippen molar-refractivity contribution in [3.8, 4) is 0 Å². The van der Waals surface area contributed by atoms with Gasteiger partial charge in [0.1, 0.15) is 11.6 Å². The van der Waals surface area contributed by atoms with Crippen LogP contribution in [0.15, 0.2) is 12.3 Å². The van der Waals surface area contributed by atoms with Gasteiger partial charge in [-0.3, -0.25) is 29.2 Å². The maximum Gasteiger partial charge on any atom is 0.143 e. The lowest BCUT2D eigenvalue weighted by atomic mass is 10.2. The summed E-state index contributed by atoms with van der Waals surface area (Å²) >= 11 is 0. The first kappa shape index (κ1) is 24.7. The summed E-state index contributed by atoms with van der Waals surface area (Å²) in [4.78, 5) is 31.8. The summed E-state index contributed by atoms with van der Waals surface area (Å²) in [5.74, 6) is 0.367. The summed E-state index contributed by atoms with van der Waals surface area (Å²) in [7, 11) is 0. The molecule has 8 nitrogen and oxygen atoms in total. The molecule has 1 saturated heterocycles. The quantitative estimate of drug-likeness (QED) is 0.546. The van der Waals surface area contributed by atoms with E-state index in [1.807, 2.05) is 0 Å². The zero-order valence-electron chi connectivity index (χ0n) is 17.8. The third-order valence-electron chi connectivity index (χ3n) is 4.75. The Morgan fingerprint density at radius 2 is 1.11 bits per heavy atom. The van der Waals surface area contributed by atoms with Gasteiger partial charge in [-0.25, -0.2) is 0 Å². The topological polar surface area (TPSA) is 87.6 Å². The number of aliphatic hydroxyl groups is 2. The van der Waals surface area contributed by atoms with Crippen LogP contribution in [0.1, 0.15) is 20.8 Å². The van der Waals surface area contributed by atoms with Crippen molar-refractivity contribution < 1.29 is 19.8 Å². The van der Waals surface area contributed by atoms with Crippen molar-refractivity contribution in [2.24, 2.45) is 0 Å². The zero-order valence-corrected chi connectivity index (χ0v) is 17.8. The predicted molar refractivity (Wildman–Crippen MR) is 111 cm³/mol. The van der Waals surface area contributed by atoms with E-state index >= 15 is 0 Å². The lowest BCUT2D eigenvalue weighted by Crippen LogP contribution is -2.48. The van der Waals surface area contributed by atoms with Crippen molar-refractivity contribution in [3.63, 3.8) is 0 Å². The molecule has 1 aliphatic rings. The van der Waals surface area contributed by atoms with Gasteiger partial charge in [-0.1, -0.05) is 6.58 Å². The van der Waals surface area contributed by atoms with E-state index in [2.05, 4.69) is 26.2 Å². The summed E-state index contributed by atoms with van der Waals surface area (Å²) in [6.07, 6.45) is -0.429. The summed E-state index contributed by atoms with van der Waals surface area (Å²) < 4.78 is 0. The van der Waals surface area contributed by atoms with Gasteiger partial charge >= 0.3 is 0 Å². The highest BCUT2D eigenvalue weighted by Gasteiger charge is 2.18. The zero-order chi connectivity index (χ0) is 21.1. The number of ketones is 2. The van der Waals surface area contributed by atoms with Crippen molar-refractivity contribution in [1.29, 1.82) is 0 Å². The summed E-state index contributed by atoms with van der Waals surface area (Å²) in [5.41, 5.74) is 0. The van der Waals surface area contributed by atoms with Crippen LogP contribution in [0, 0.1) is 0 Å². The molecule has 0 aromatic heterocycles. The van der Waals surface area contributed by atoms with Crippen LogP contribution >= 0.6 is 0 Å². The van der Waals surface area contributed by atoms with Crippen molar-refractivity contribution in [2.45, 2.75) is 26.9 Å². The summed E-state index contributed by atoms with van der Waals surface area (Å²) in [5, 5.41) is 19.5. The Balaban J connectivity index is 2.89. The van der Waals surface area contributed by atoms with E-state index in [-0.39, 0.29) is 17.3 Å². The fourth-order valence-electron chi connectivity index (χ4n) is 3.50. The largest absolute Gasteiger partial charge is 0.512 e. The van der Waals surface area contributed by atoms with Gasteiger partial charge in [-0.05, 0) is 20.8 Å². The molecule has 2 N–H and O–H groups in total. The Hall–Kier alpha value is -1.32. The van der Waals surface area contributed by atoms with Gasteiger partial charge < -0.3 is 10.2 Å². The van der Waals surface area contributed by atoms with Gasteiger partial charge in [0, 0.05) is 58.9 Å². The minimum absolute atomic E-state index is 0.117. The number of β-amino-alcohol motifs (C(OH)–C–C–N with tert-alkyl or cyclic N) is 1. The average molecular weight is 399 g/mol. The van der Waals surface area contributed by atoms with Crippen LogP contribution in [-0.4, -0.2) is 126 Å². The van der Waals surface area contributed by atoms with Gasteiger partial charge in [0.15, 0.2) is 0 Å². The predicted octanol–water partition coefficient (Wildman–Crippen LogP) is -0.161. The second kappa shape index (κ2) is 13.0. The molecule has 0 spiro atoms. The normalized spacial score (nSPS) is 20.9. The van der Waals surface area contributed by atoms with E-state index in [1.165, 1.54) is 0 Å². The number of carbonyl (C=O) groups excluding carboxylic acids is 2. The molecule has 1 aliphatic heterocycles. The third kappa shape index (κ3) is 11.5. The Morgan fingerprint density at radius 3 is 1.39 bits per heavy atom. The Kier molecular flexibility index (Phi) is 11.5. The van der Waals surface area contributed by atoms with E-state index in [1.54, 1.807) is 20.8 Å². The first-order valence-electron chi connectivity index (χ1n) is 10.1. The molecule has 0 radical (unpaired) electrons. The number of Topliss-reactive ketones (excluding diaryl/α,β-unsaturated/α-hetero) is 2. The van der Waals surface area contributed by atoms with Crippen molar-refractivity contribution in [2.75, 3.05) is 78.5 Å². The first-order chi connectivity index (χ1) is 13.2. The Morgan fingerprint density at radius 1 is 0.786 bits per heavy atom. The summed E-state index contributed by atoms with van der Waals surface area (Å²) in [6.45, 7) is 16.1. The maximum absolute atomic E-state index is 11.6. The van der Waals surface area contributed by atoms with Gasteiger partial charge in [0.05, 0.1) is 31.5 Å². The summed E-state index contributed by atoms with van der Waals surface area (Å²) in [6, 6.07) is 0. The molecule has 1 heterocycles. The fraction of sp³-hybridized carbons (Fsp3) is 0.800. The molecule has 0 aromatic carbocycles. The number of rotatable bonds is 8. The molecule has 162 valence electrons. The van der Waals surface area contributed by atoms with Crippen molar-refractivity contribution in [1.82, 2.24) is 19.6 Å². The molecule has 1 rings (SSSR count). The van der Waals surface area contributed by atoms with Crippen LogP contribution in [0.2, 0.25) is 0 Å². The lowest BCUT2D eigenvalue weighted by molar-refractivity contribution is -0.119. The smallest absolute Gasteiger partial charge is 0.143 e. The van der Waals surface area contributed by atoms with Crippen molar-refractivity contribution in [3.05, 3.63) is 12.3 Å². The number of aliphatic hydroxyl groups excluding tert-OH is 2. The van der Waals surface area contributed by atoms with Crippen LogP contribution < -0.4 is 0 Å². The SMILES string of the molecule is C=C(O)CN1CCN(CC(C)=O)CCN(CC(C)=O)CCN(CC(C)O)CC1. The number of hydrogen-bond acceptors (Lipinski definition) is 8. The molecule has 0 aromatic rings. The molecule has 0 saturated carbocycles. The van der Waals surface area contributed by atoms with E-state index in [4.69, 9.17) is 0 Å². The highest BCUT2D eigenvalue weighted by Crippen LogP contribution is 2.03. The third-order valence-corrected chi connectivity index (χ3v) is 4.75. The molecular weight excluding hydrogens is 360 g/mol. The molecule has 1 unspecified atom stereocenters. The van der Waals surface area contributed by atoms with E-state index in [9.17, 15) is 19.8 Å². The highest BCUT2D eigenvalue weighted by molar-refractivity contribution is 5.78. The molecule has 28 heavy (non-hydrogen) atoms. The van der Waals surface area contributed by atoms with Gasteiger partial charge in [0.25, 0.3) is 0 Å². The Bertz CT molecular complexity index is 480. The first-order valence-corrected chi connectivity index (χ1v) is 10.1. The van der Waals surface area contributed by atoms with Crippen LogP contribution in [0.4, 0.5) is 0 Å². The van der Waals surface area contributed by atoms with Gasteiger partial charge in [-0.15, -0.1) is 0 Å². The van der Waals surface area contributed by atoms with Crippen LogP contribution in [-0.2, 0) is 9.59 Å². The fourth-order valence-corrected chi connectivity index (χ4v) is 3.50. The average Bonchev–Trinajstić information content (AvgIpc) is 2.55. The van der Waals surface area contributed by atoms with Crippen molar-refractivity contribution >= 4 is 11.6 Å². The number of carbonyl (C=O) groups is 2. The van der Waals surface area contributed by atoms with E-state index in [0.717, 1.165) is 26.2 Å². The van der Waals surface area contributed by atoms with Crippen LogP contribution in [0.25, 0.3) is 0 Å². The second-order valence-electron chi connectivity index (χ2n) is 7.95. The van der Waals surface area contributed by atoms with Crippen LogP contribution in [0.3, 0.4) is 0 Å². The number of hydrogen-bond donors (Lipinski definition) is 2. The molecule has 0 aliphatic carbocycles. The standard InChI is InChI=1S/C20H38N4O4/c1-17(25)13-21-5-7-22(14-18(2)26)9-11-24(16-20(4)28)12-10-23(8-6-21)15-19(3)27/h18,25-26H,1,5-16H2,2-4H3. The molecule has 8 heteroatoms. The minimum Gasteiger partial charge on any atom is -0.512 e. The highest BCUT2D eigenvalue weighted by atomic mass is 16.3. The molecule has 1 fully saturated rings. The maximum atomic E-state index is 11.6. The molecule has 1 atom stereocenters. The van der Waals surface area contributed by atoms with Crippen LogP contribution in [0.5, 0.6) is 0 Å². The van der Waals surface area contributed by atoms with Gasteiger partial charge in [-0.2, -0.15) is 0 Å². The molecule has 0 amide bonds. The lowest BCUT2D eigenvalue weighted by Gasteiger charge is -2.34. The molecule has 0 bridgehead atoms. The monoisotopic (exact) mass is 398 g/mol. The Labute approximate surface area is 169 Å². The van der Waals surface area contributed by atoms with E-state index < -0.39 is 6.10 Å². The molecular formula is C20H38N4O4. The minimum atomic E-state index is -0.429.